The van der Waals surface area contributed by atoms with E-state index in [-0.39, 0.29) is 5.82 Å². The van der Waals surface area contributed by atoms with E-state index >= 15 is 0 Å². The number of hydrogen-bond donors (Lipinski definition) is 1. The zero-order valence-electron chi connectivity index (χ0n) is 11.8. The van der Waals surface area contributed by atoms with Crippen LogP contribution in [0.4, 0.5) is 4.39 Å². The fraction of sp³-hybridized carbons (Fsp3) is 0.0625. The monoisotopic (exact) mass is 323 g/mol. The van der Waals surface area contributed by atoms with Crippen LogP contribution < -0.4 is 0 Å². The summed E-state index contributed by atoms with van der Waals surface area (Å²) in [5.74, 6) is 0.715. The molecular weight excluding hydrogens is 313 g/mol. The van der Waals surface area contributed by atoms with Gasteiger partial charge in [-0.05, 0) is 35.9 Å². The smallest absolute Gasteiger partial charge is 0.231 e. The van der Waals surface area contributed by atoms with Crippen molar-refractivity contribution in [1.29, 1.82) is 5.26 Å². The molecule has 0 fully saturated rings. The van der Waals surface area contributed by atoms with Crippen LogP contribution in [0.1, 0.15) is 11.1 Å². The van der Waals surface area contributed by atoms with Crippen molar-refractivity contribution < 1.29 is 4.39 Å². The molecule has 0 radical (unpaired) electrons. The summed E-state index contributed by atoms with van der Waals surface area (Å²) < 4.78 is 15.8. The Hall–Kier alpha value is -2.85. The van der Waals surface area contributed by atoms with Crippen molar-refractivity contribution in [3.05, 3.63) is 59.4 Å². The summed E-state index contributed by atoms with van der Waals surface area (Å²) in [6.45, 7) is 0. The van der Waals surface area contributed by atoms with Gasteiger partial charge < -0.3 is 0 Å². The molecule has 2 aromatic heterocycles. The fourth-order valence-corrected chi connectivity index (χ4v) is 3.37. The van der Waals surface area contributed by atoms with Gasteiger partial charge in [0.2, 0.25) is 5.78 Å². The van der Waals surface area contributed by atoms with Crippen molar-refractivity contribution in [3.63, 3.8) is 0 Å². The molecule has 4 aromatic rings. The third kappa shape index (κ3) is 2.33. The number of nitrogens with zero attached hydrogens (tertiary/aromatic N) is 4. The van der Waals surface area contributed by atoms with Gasteiger partial charge >= 0.3 is 0 Å². The van der Waals surface area contributed by atoms with Gasteiger partial charge in [0.25, 0.3) is 0 Å². The molecule has 0 bridgehead atoms. The van der Waals surface area contributed by atoms with Gasteiger partial charge in [0, 0.05) is 5.75 Å². The Morgan fingerprint density at radius 3 is 3.00 bits per heavy atom. The Morgan fingerprint density at radius 2 is 2.13 bits per heavy atom. The Bertz CT molecular complexity index is 1060. The number of nitrogens with one attached hydrogen (secondary N) is 1. The molecule has 0 unspecified atom stereocenters. The molecule has 0 saturated carbocycles. The third-order valence-corrected chi connectivity index (χ3v) is 4.52. The van der Waals surface area contributed by atoms with E-state index in [1.807, 2.05) is 34.7 Å². The number of imidazole rings is 1. The van der Waals surface area contributed by atoms with Gasteiger partial charge in [-0.3, -0.25) is 4.40 Å². The molecule has 112 valence electrons. The molecule has 1 N–H and O–H groups in total. The molecule has 5 nitrogen and oxygen atoms in total. The number of para-hydroxylation sites is 2. The van der Waals surface area contributed by atoms with Crippen LogP contribution in [0.25, 0.3) is 16.8 Å². The third-order valence-electron chi connectivity index (χ3n) is 3.54. The van der Waals surface area contributed by atoms with E-state index in [9.17, 15) is 4.39 Å². The van der Waals surface area contributed by atoms with Gasteiger partial charge in [-0.15, -0.1) is 5.10 Å². The van der Waals surface area contributed by atoms with Gasteiger partial charge in [-0.2, -0.15) is 5.26 Å². The highest BCUT2D eigenvalue weighted by Crippen LogP contribution is 2.26. The lowest BCUT2D eigenvalue weighted by atomic mass is 10.1. The second kappa shape index (κ2) is 5.41. The molecule has 2 aromatic carbocycles. The van der Waals surface area contributed by atoms with Crippen LogP contribution in [-0.2, 0) is 5.75 Å². The van der Waals surface area contributed by atoms with Crippen LogP contribution in [0.15, 0.2) is 47.6 Å². The molecule has 0 spiro atoms. The van der Waals surface area contributed by atoms with Gasteiger partial charge in [-0.1, -0.05) is 23.9 Å². The molecule has 0 aliphatic carbocycles. The minimum absolute atomic E-state index is 0.321. The summed E-state index contributed by atoms with van der Waals surface area (Å²) in [6.07, 6.45) is 0. The van der Waals surface area contributed by atoms with E-state index in [1.54, 1.807) is 6.07 Å². The maximum absolute atomic E-state index is 13.9. The number of halogens is 1. The number of thioether (sulfide) groups is 1. The van der Waals surface area contributed by atoms with Crippen molar-refractivity contribution in [3.8, 4) is 6.07 Å². The normalized spacial score (nSPS) is 11.1. The molecule has 0 aliphatic heterocycles. The Balaban J connectivity index is 1.70. The SMILES string of the molecule is N#Cc1ccc(F)c(CSc2n[nH]c3nc4ccccc4n23)c1. The lowest BCUT2D eigenvalue weighted by Crippen LogP contribution is -1.91. The zero-order valence-corrected chi connectivity index (χ0v) is 12.6. The van der Waals surface area contributed by atoms with Crippen LogP contribution in [-0.4, -0.2) is 19.6 Å². The highest BCUT2D eigenvalue weighted by Gasteiger charge is 2.13. The quantitative estimate of drug-likeness (QED) is 0.586. The maximum atomic E-state index is 13.9. The Morgan fingerprint density at radius 1 is 1.26 bits per heavy atom. The fourth-order valence-electron chi connectivity index (χ4n) is 2.44. The molecule has 23 heavy (non-hydrogen) atoms. The molecule has 0 aliphatic rings. The van der Waals surface area contributed by atoms with Crippen LogP contribution in [0.5, 0.6) is 0 Å². The summed E-state index contributed by atoms with van der Waals surface area (Å²) in [6, 6.07) is 14.1. The number of hydrogen-bond acceptors (Lipinski definition) is 4. The summed E-state index contributed by atoms with van der Waals surface area (Å²) in [4.78, 5) is 4.45. The highest BCUT2D eigenvalue weighted by atomic mass is 32.2. The van der Waals surface area contributed by atoms with Crippen molar-refractivity contribution >= 4 is 28.6 Å². The first-order valence-corrected chi connectivity index (χ1v) is 7.88. The van der Waals surface area contributed by atoms with Crippen molar-refractivity contribution in [2.45, 2.75) is 10.9 Å². The molecule has 4 rings (SSSR count). The number of aromatic amines is 1. The molecular formula is C16H10FN5S. The number of rotatable bonds is 3. The summed E-state index contributed by atoms with van der Waals surface area (Å²) in [5, 5.41) is 16.8. The number of benzene rings is 2. The van der Waals surface area contributed by atoms with E-state index in [0.717, 1.165) is 11.0 Å². The molecule has 7 heteroatoms. The molecule has 0 atom stereocenters. The van der Waals surface area contributed by atoms with Gasteiger partial charge in [0.05, 0.1) is 22.7 Å². The second-order valence-corrected chi connectivity index (χ2v) is 5.91. The lowest BCUT2D eigenvalue weighted by Gasteiger charge is -2.03. The number of nitriles is 1. The molecule has 0 saturated heterocycles. The first-order chi connectivity index (χ1) is 11.3. The predicted molar refractivity (Wildman–Crippen MR) is 85.5 cm³/mol. The zero-order chi connectivity index (χ0) is 15.8. The van der Waals surface area contributed by atoms with Crippen LogP contribution >= 0.6 is 11.8 Å². The topological polar surface area (TPSA) is 69.8 Å². The predicted octanol–water partition coefficient (Wildman–Crippen LogP) is 3.51. The van der Waals surface area contributed by atoms with Crippen LogP contribution in [0.3, 0.4) is 0 Å². The Kier molecular flexibility index (Phi) is 3.24. The molecule has 2 heterocycles. The Labute approximate surface area is 134 Å². The van der Waals surface area contributed by atoms with Gasteiger partial charge in [0.15, 0.2) is 5.16 Å². The largest absolute Gasteiger partial charge is 0.254 e. The maximum Gasteiger partial charge on any atom is 0.231 e. The van der Waals surface area contributed by atoms with Crippen molar-refractivity contribution in [2.24, 2.45) is 0 Å². The van der Waals surface area contributed by atoms with Crippen molar-refractivity contribution in [2.75, 3.05) is 0 Å². The van der Waals surface area contributed by atoms with Gasteiger partial charge in [-0.25, -0.2) is 14.5 Å². The number of aromatic nitrogens is 4. The first kappa shape index (κ1) is 13.8. The van der Waals surface area contributed by atoms with E-state index < -0.39 is 0 Å². The summed E-state index contributed by atoms with van der Waals surface area (Å²) in [7, 11) is 0. The van der Waals surface area contributed by atoms with E-state index in [2.05, 4.69) is 15.2 Å². The number of H-pyrrole nitrogens is 1. The van der Waals surface area contributed by atoms with E-state index in [4.69, 9.17) is 5.26 Å². The summed E-state index contributed by atoms with van der Waals surface area (Å²) in [5.41, 5.74) is 2.75. The minimum Gasteiger partial charge on any atom is -0.254 e. The van der Waals surface area contributed by atoms with E-state index in [1.165, 1.54) is 23.9 Å². The van der Waals surface area contributed by atoms with Crippen molar-refractivity contribution in [1.82, 2.24) is 19.6 Å². The first-order valence-electron chi connectivity index (χ1n) is 6.89. The lowest BCUT2D eigenvalue weighted by molar-refractivity contribution is 0.617. The second-order valence-electron chi connectivity index (χ2n) is 4.97. The van der Waals surface area contributed by atoms with E-state index in [0.29, 0.717) is 27.8 Å². The molecule has 0 amide bonds. The van der Waals surface area contributed by atoms with Crippen LogP contribution in [0.2, 0.25) is 0 Å². The number of fused-ring (bicyclic) bond motifs is 3. The standard InChI is InChI=1S/C16H10FN5S/c17-12-6-5-10(8-18)7-11(12)9-23-16-21-20-15-19-13-3-1-2-4-14(13)22(15)16/h1-7H,9H2,(H,19,20). The highest BCUT2D eigenvalue weighted by molar-refractivity contribution is 7.98. The summed E-state index contributed by atoms with van der Waals surface area (Å²) >= 11 is 1.39. The average Bonchev–Trinajstić information content (AvgIpc) is 3.13. The average molecular weight is 323 g/mol. The minimum atomic E-state index is -0.321. The van der Waals surface area contributed by atoms with Crippen LogP contribution in [0, 0.1) is 17.1 Å². The van der Waals surface area contributed by atoms with Gasteiger partial charge in [0.1, 0.15) is 5.82 Å².